The Morgan fingerprint density at radius 3 is 1.78 bits per heavy atom. The lowest BCUT2D eigenvalue weighted by atomic mass is 9.67. The molecule has 11 aromatic rings. The molecular formula is C70H50N2. The first-order valence-electron chi connectivity index (χ1n) is 24.9. The summed E-state index contributed by atoms with van der Waals surface area (Å²) in [6, 6.07) is 89.7. The summed E-state index contributed by atoms with van der Waals surface area (Å²) in [5, 5.41) is 14.9. The Morgan fingerprint density at radius 2 is 1.00 bits per heavy atom. The Morgan fingerprint density at radius 1 is 0.403 bits per heavy atom. The Kier molecular flexibility index (Phi) is 10.3. The summed E-state index contributed by atoms with van der Waals surface area (Å²) in [5.74, 6) is 0. The first-order valence-corrected chi connectivity index (χ1v) is 24.9. The van der Waals surface area contributed by atoms with Crippen LogP contribution in [0.25, 0.3) is 71.7 Å². The van der Waals surface area contributed by atoms with E-state index >= 15 is 0 Å². The third-order valence-electron chi connectivity index (χ3n) is 15.5. The minimum Gasteiger partial charge on any atom is -0.300 e. The van der Waals surface area contributed by atoms with Crippen LogP contribution >= 0.6 is 0 Å². The lowest BCUT2D eigenvalue weighted by Gasteiger charge is -2.33. The monoisotopic (exact) mass is 918 g/mol. The van der Waals surface area contributed by atoms with Gasteiger partial charge in [0.05, 0.1) is 16.8 Å². The van der Waals surface area contributed by atoms with Gasteiger partial charge < -0.3 is 5.41 Å². The molecule has 340 valence electrons. The highest BCUT2D eigenvalue weighted by molar-refractivity contribution is 6.17. The Balaban J connectivity index is 0.928. The molecule has 72 heavy (non-hydrogen) atoms. The van der Waals surface area contributed by atoms with Crippen molar-refractivity contribution in [3.63, 3.8) is 0 Å². The highest BCUT2D eigenvalue weighted by atomic mass is 14.7. The van der Waals surface area contributed by atoms with Gasteiger partial charge >= 0.3 is 0 Å². The number of benzene rings is 11. The van der Waals surface area contributed by atoms with Crippen LogP contribution in [0.15, 0.2) is 260 Å². The van der Waals surface area contributed by atoms with Crippen molar-refractivity contribution in [2.45, 2.75) is 24.7 Å². The maximum atomic E-state index is 10.1. The van der Waals surface area contributed by atoms with Crippen molar-refractivity contribution in [3.05, 3.63) is 305 Å². The number of fused-ring (bicyclic) bond motifs is 9. The van der Waals surface area contributed by atoms with Crippen molar-refractivity contribution in [1.82, 2.24) is 0 Å². The van der Waals surface area contributed by atoms with Crippen LogP contribution in [0.5, 0.6) is 0 Å². The van der Waals surface area contributed by atoms with E-state index in [0.717, 1.165) is 55.4 Å². The zero-order valence-electron chi connectivity index (χ0n) is 40.3. The summed E-state index contributed by atoms with van der Waals surface area (Å²) in [6.07, 6.45) is 3.89. The first-order chi connectivity index (χ1) is 35.4. The van der Waals surface area contributed by atoms with E-state index < -0.39 is 5.41 Å². The maximum Gasteiger partial charge on any atom is 0.0729 e. The summed E-state index contributed by atoms with van der Waals surface area (Å²) in [4.78, 5) is 5.26. The normalized spacial score (nSPS) is 14.0. The van der Waals surface area contributed by atoms with Crippen LogP contribution in [0, 0.1) is 5.41 Å². The van der Waals surface area contributed by atoms with Gasteiger partial charge in [-0.2, -0.15) is 0 Å². The summed E-state index contributed by atoms with van der Waals surface area (Å²) in [6.45, 7) is 4.73. The molecule has 0 heterocycles. The van der Waals surface area contributed by atoms with E-state index in [1.807, 2.05) is 30.5 Å². The number of hydrogen-bond acceptors (Lipinski definition) is 2. The quantitative estimate of drug-likeness (QED) is 0.140. The Labute approximate surface area is 421 Å². The van der Waals surface area contributed by atoms with Crippen LogP contribution in [0.4, 0.5) is 0 Å². The van der Waals surface area contributed by atoms with Gasteiger partial charge in [0.1, 0.15) is 0 Å². The molecule has 0 bridgehead atoms. The van der Waals surface area contributed by atoms with E-state index in [1.165, 1.54) is 66.4 Å². The minimum absolute atomic E-state index is 0.126. The average Bonchev–Trinajstić information content (AvgIpc) is 3.88. The molecule has 2 aliphatic rings. The van der Waals surface area contributed by atoms with E-state index in [4.69, 9.17) is 4.99 Å². The van der Waals surface area contributed by atoms with Crippen LogP contribution in [0.3, 0.4) is 0 Å². The van der Waals surface area contributed by atoms with Crippen molar-refractivity contribution in [1.29, 1.82) is 5.41 Å². The number of nitrogens with zero attached hydrogens (tertiary/aromatic N) is 1. The number of rotatable bonds is 9. The van der Waals surface area contributed by atoms with E-state index in [1.54, 1.807) is 0 Å². The fourth-order valence-electron chi connectivity index (χ4n) is 12.1. The van der Waals surface area contributed by atoms with E-state index in [-0.39, 0.29) is 5.41 Å². The topological polar surface area (TPSA) is 36.2 Å². The van der Waals surface area contributed by atoms with Crippen LogP contribution in [-0.4, -0.2) is 11.9 Å². The van der Waals surface area contributed by atoms with Crippen molar-refractivity contribution in [2.75, 3.05) is 0 Å². The van der Waals surface area contributed by atoms with Gasteiger partial charge in [-0.05, 0) is 123 Å². The van der Waals surface area contributed by atoms with Gasteiger partial charge in [0, 0.05) is 22.8 Å². The zero-order valence-corrected chi connectivity index (χ0v) is 40.3. The standard InChI is InChI=1S/C70H50N2/c1-69(2)62-41-37-47-22-12-13-29-54(47)67(62)59-38-36-49(43-64(59)69)48-23-18-24-50(42-48)53-39-40-57(56-31-15-14-30-55(53)56)66(72-45-46-20-6-3-7-21-46)44-65(71)60-33-19-35-63-68(60)58-32-16-17-34-61(58)70(63,51-25-8-4-9-26-51)52-27-10-5-11-28-52/h3-45,71H,1-2H3/b66-44-,71-65?,72-45?. The minimum atomic E-state index is -0.565. The maximum absolute atomic E-state index is 10.1. The van der Waals surface area contributed by atoms with Crippen LogP contribution in [-0.2, 0) is 10.8 Å². The molecule has 0 spiro atoms. The van der Waals surface area contributed by atoms with Crippen LogP contribution in [0.1, 0.15) is 63.9 Å². The molecule has 13 rings (SSSR count). The second kappa shape index (κ2) is 17.2. The summed E-state index contributed by atoms with van der Waals surface area (Å²) in [5.41, 5.74) is 20.4. The van der Waals surface area contributed by atoms with E-state index in [0.29, 0.717) is 5.71 Å². The summed E-state index contributed by atoms with van der Waals surface area (Å²) in [7, 11) is 0. The van der Waals surface area contributed by atoms with Gasteiger partial charge in [-0.1, -0.05) is 250 Å². The lowest BCUT2D eigenvalue weighted by molar-refractivity contribution is 0.661. The third kappa shape index (κ3) is 6.78. The predicted molar refractivity (Wildman–Crippen MR) is 302 cm³/mol. The van der Waals surface area contributed by atoms with Crippen LogP contribution in [0.2, 0.25) is 0 Å². The molecule has 0 amide bonds. The molecule has 2 heteroatoms. The van der Waals surface area contributed by atoms with Crippen molar-refractivity contribution in [2.24, 2.45) is 4.99 Å². The SMILES string of the molecule is CC1(C)c2cc(-c3cccc(-c4ccc(/C(=C/C(=N)c5cccc6c5-c5ccccc5C6(c5ccccc5)c5ccccc5)N=Cc5ccccc5)c5ccccc45)c3)ccc2-c2c1ccc1ccccc21. The van der Waals surface area contributed by atoms with E-state index in [2.05, 4.69) is 244 Å². The Hall–Kier alpha value is -8.98. The number of hydrogen-bond donors (Lipinski definition) is 1. The van der Waals surface area contributed by atoms with Crippen molar-refractivity contribution >= 4 is 39.2 Å². The molecule has 0 atom stereocenters. The smallest absolute Gasteiger partial charge is 0.0729 e. The molecular weight excluding hydrogens is 869 g/mol. The molecule has 2 aliphatic carbocycles. The average molecular weight is 919 g/mol. The molecule has 0 radical (unpaired) electrons. The van der Waals surface area contributed by atoms with Gasteiger partial charge in [-0.25, -0.2) is 0 Å². The van der Waals surface area contributed by atoms with Gasteiger partial charge in [0.15, 0.2) is 0 Å². The number of nitrogens with one attached hydrogen (secondary N) is 1. The number of allylic oxidation sites excluding steroid dienone is 1. The van der Waals surface area contributed by atoms with Gasteiger partial charge in [-0.3, -0.25) is 4.99 Å². The Bertz CT molecular complexity index is 3970. The molecule has 1 N–H and O–H groups in total. The molecule has 0 aliphatic heterocycles. The largest absolute Gasteiger partial charge is 0.300 e. The molecule has 11 aromatic carbocycles. The van der Waals surface area contributed by atoms with Crippen LogP contribution < -0.4 is 0 Å². The molecule has 0 unspecified atom stereocenters. The fourth-order valence-corrected chi connectivity index (χ4v) is 12.1. The third-order valence-corrected chi connectivity index (χ3v) is 15.5. The molecule has 0 saturated carbocycles. The predicted octanol–water partition coefficient (Wildman–Crippen LogP) is 17.5. The highest BCUT2D eigenvalue weighted by Gasteiger charge is 2.47. The van der Waals surface area contributed by atoms with Gasteiger partial charge in [-0.15, -0.1) is 0 Å². The first kappa shape index (κ1) is 43.1. The van der Waals surface area contributed by atoms with Crippen molar-refractivity contribution < 1.29 is 0 Å². The van der Waals surface area contributed by atoms with Gasteiger partial charge in [0.2, 0.25) is 0 Å². The summed E-state index contributed by atoms with van der Waals surface area (Å²) < 4.78 is 0. The molecule has 0 saturated heterocycles. The zero-order chi connectivity index (χ0) is 48.4. The molecule has 0 aromatic heterocycles. The van der Waals surface area contributed by atoms with Gasteiger partial charge in [0.25, 0.3) is 0 Å². The fraction of sp³-hybridized carbons (Fsp3) is 0.0571. The number of aliphatic imine (C=N–C) groups is 1. The van der Waals surface area contributed by atoms with Crippen molar-refractivity contribution in [3.8, 4) is 44.5 Å². The molecule has 2 nitrogen and oxygen atoms in total. The summed E-state index contributed by atoms with van der Waals surface area (Å²) >= 11 is 0. The van der Waals surface area contributed by atoms with E-state index in [9.17, 15) is 5.41 Å². The highest BCUT2D eigenvalue weighted by Crippen LogP contribution is 2.57. The molecule has 0 fully saturated rings. The lowest BCUT2D eigenvalue weighted by Crippen LogP contribution is -2.28. The second-order valence-electron chi connectivity index (χ2n) is 19.7. The second-order valence-corrected chi connectivity index (χ2v) is 19.7.